The van der Waals surface area contributed by atoms with E-state index in [-0.39, 0.29) is 23.4 Å². The smallest absolute Gasteiger partial charge is 0.283 e. The average molecular weight is 585 g/mol. The first kappa shape index (κ1) is 28.9. The molecule has 3 aromatic carbocycles. The van der Waals surface area contributed by atoms with Crippen LogP contribution in [-0.2, 0) is 10.2 Å². The lowest BCUT2D eigenvalue weighted by Gasteiger charge is -2.20. The normalized spacial score (nSPS) is 15.7. The van der Waals surface area contributed by atoms with Crippen molar-refractivity contribution in [2.75, 3.05) is 26.9 Å². The van der Waals surface area contributed by atoms with E-state index in [1.54, 1.807) is 31.4 Å². The molecule has 0 fully saturated rings. The van der Waals surface area contributed by atoms with Gasteiger partial charge in [0.25, 0.3) is 5.91 Å². The van der Waals surface area contributed by atoms with E-state index in [0.717, 1.165) is 5.75 Å². The average Bonchev–Trinajstić information content (AvgIpc) is 3.40. The van der Waals surface area contributed by atoms with Gasteiger partial charge in [0, 0.05) is 0 Å². The van der Waals surface area contributed by atoms with Crippen LogP contribution in [0.25, 0.3) is 6.08 Å². The lowest BCUT2D eigenvalue weighted by molar-refractivity contribution is -0.114. The maximum absolute atomic E-state index is 12.8. The van der Waals surface area contributed by atoms with Crippen LogP contribution in [0.4, 0.5) is 0 Å². The number of methoxy groups -OCH3 is 1. The lowest BCUT2D eigenvalue weighted by atomic mass is 9.87. The molecule has 0 saturated heterocycles. The van der Waals surface area contributed by atoms with Crippen LogP contribution in [0.2, 0.25) is 0 Å². The van der Waals surface area contributed by atoms with Gasteiger partial charge >= 0.3 is 0 Å². The first-order valence-electron chi connectivity index (χ1n) is 13.4. The van der Waals surface area contributed by atoms with E-state index in [0.29, 0.717) is 46.2 Å². The molecule has 0 aromatic heterocycles. The van der Waals surface area contributed by atoms with E-state index in [1.807, 2.05) is 42.5 Å². The van der Waals surface area contributed by atoms with Gasteiger partial charge in [-0.25, -0.2) is 0 Å². The largest absolute Gasteiger partial charge is 0.493 e. The SMILES string of the molecule is COc1cc(/C=C2/C(=N)N3N=C(COc4ccccc4)SC3=NC2=O)ccc1OCCOc1ccc(C(C)(C)C)cc1. The molecule has 0 bridgehead atoms. The summed E-state index contributed by atoms with van der Waals surface area (Å²) in [5.74, 6) is 1.96. The molecular formula is C32H32N4O5S. The van der Waals surface area contributed by atoms with Gasteiger partial charge in [-0.2, -0.15) is 15.1 Å². The zero-order valence-corrected chi connectivity index (χ0v) is 24.7. The Bertz CT molecular complexity index is 1560. The number of carbonyl (C=O) groups excluding carboxylic acids is 1. The van der Waals surface area contributed by atoms with Gasteiger partial charge in [0.05, 0.1) is 12.7 Å². The van der Waals surface area contributed by atoms with Crippen molar-refractivity contribution in [1.29, 1.82) is 5.41 Å². The van der Waals surface area contributed by atoms with Crippen molar-refractivity contribution >= 4 is 39.8 Å². The predicted molar refractivity (Wildman–Crippen MR) is 166 cm³/mol. The highest BCUT2D eigenvalue weighted by atomic mass is 32.2. The number of hydrogen-bond acceptors (Lipinski definition) is 8. The zero-order chi connectivity index (χ0) is 29.7. The molecule has 0 unspecified atom stereocenters. The highest BCUT2D eigenvalue weighted by Gasteiger charge is 2.35. The number of amides is 1. The highest BCUT2D eigenvalue weighted by Crippen LogP contribution is 2.32. The summed E-state index contributed by atoms with van der Waals surface area (Å²) in [5.41, 5.74) is 2.11. The number of hydrazone groups is 1. The van der Waals surface area contributed by atoms with Gasteiger partial charge in [-0.15, -0.1) is 0 Å². The second-order valence-electron chi connectivity index (χ2n) is 10.5. The van der Waals surface area contributed by atoms with Crippen LogP contribution in [0, 0.1) is 5.41 Å². The Balaban J connectivity index is 1.20. The Morgan fingerprint density at radius 3 is 2.33 bits per heavy atom. The quantitative estimate of drug-likeness (QED) is 0.225. The molecule has 2 aliphatic rings. The van der Waals surface area contributed by atoms with Gasteiger partial charge in [0.2, 0.25) is 5.17 Å². The van der Waals surface area contributed by atoms with Crippen molar-refractivity contribution in [2.24, 2.45) is 10.1 Å². The van der Waals surface area contributed by atoms with Gasteiger partial charge in [-0.05, 0) is 70.8 Å². The lowest BCUT2D eigenvalue weighted by Crippen LogP contribution is -2.35. The standard InChI is InChI=1S/C32H32N4O5S/c1-32(2,3)22-11-13-24(14-12-22)39-16-17-40-26-15-10-21(19-27(26)38-4)18-25-29(33)36-31(34-30(25)37)42-28(35-36)20-41-23-8-6-5-7-9-23/h5-15,18-19,33H,16-17,20H2,1-4H3/b25-18-,33-29?. The third-order valence-electron chi connectivity index (χ3n) is 6.43. The van der Waals surface area contributed by atoms with Crippen LogP contribution < -0.4 is 18.9 Å². The van der Waals surface area contributed by atoms with Gasteiger partial charge in [0.15, 0.2) is 17.3 Å². The molecule has 10 heteroatoms. The Hall–Kier alpha value is -4.57. The van der Waals surface area contributed by atoms with Crippen LogP contribution >= 0.6 is 11.8 Å². The van der Waals surface area contributed by atoms with Crippen molar-refractivity contribution < 1.29 is 23.7 Å². The minimum Gasteiger partial charge on any atom is -0.493 e. The molecule has 216 valence electrons. The molecule has 2 aliphatic heterocycles. The van der Waals surface area contributed by atoms with E-state index >= 15 is 0 Å². The molecule has 5 rings (SSSR count). The van der Waals surface area contributed by atoms with Crippen LogP contribution in [-0.4, -0.2) is 53.9 Å². The third-order valence-corrected chi connectivity index (χ3v) is 7.31. The molecule has 0 spiro atoms. The number of aliphatic imine (C=N–C) groups is 1. The molecular weight excluding hydrogens is 552 g/mol. The number of hydrogen-bond donors (Lipinski definition) is 1. The summed E-state index contributed by atoms with van der Waals surface area (Å²) < 4.78 is 23.0. The molecule has 0 aliphatic carbocycles. The van der Waals surface area contributed by atoms with Crippen LogP contribution in [0.1, 0.15) is 31.9 Å². The maximum Gasteiger partial charge on any atom is 0.283 e. The number of thioether (sulfide) groups is 1. The number of nitrogens with zero attached hydrogens (tertiary/aromatic N) is 3. The Morgan fingerprint density at radius 1 is 0.905 bits per heavy atom. The number of carbonyl (C=O) groups is 1. The fourth-order valence-corrected chi connectivity index (χ4v) is 4.97. The van der Waals surface area contributed by atoms with Crippen molar-refractivity contribution in [1.82, 2.24) is 5.01 Å². The van der Waals surface area contributed by atoms with Crippen molar-refractivity contribution in [3.63, 3.8) is 0 Å². The van der Waals surface area contributed by atoms with Gasteiger partial charge in [-0.1, -0.05) is 57.2 Å². The summed E-state index contributed by atoms with van der Waals surface area (Å²) in [4.78, 5) is 17.0. The van der Waals surface area contributed by atoms with Crippen molar-refractivity contribution in [3.8, 4) is 23.0 Å². The Labute approximate surface area is 249 Å². The van der Waals surface area contributed by atoms with Crippen molar-refractivity contribution in [2.45, 2.75) is 26.2 Å². The summed E-state index contributed by atoms with van der Waals surface area (Å²) in [6, 6.07) is 22.7. The van der Waals surface area contributed by atoms with Gasteiger partial charge in [-0.3, -0.25) is 10.2 Å². The summed E-state index contributed by atoms with van der Waals surface area (Å²) in [6.07, 6.45) is 1.60. The number of amidine groups is 2. The second kappa shape index (κ2) is 12.5. The first-order valence-corrected chi connectivity index (χ1v) is 14.2. The van der Waals surface area contributed by atoms with Crippen molar-refractivity contribution in [3.05, 3.63) is 89.5 Å². The minimum atomic E-state index is -0.508. The number of rotatable bonds is 10. The molecule has 0 saturated carbocycles. The summed E-state index contributed by atoms with van der Waals surface area (Å²) >= 11 is 1.21. The third kappa shape index (κ3) is 6.83. The maximum atomic E-state index is 12.8. The molecule has 9 nitrogen and oxygen atoms in total. The fourth-order valence-electron chi connectivity index (χ4n) is 4.17. The van der Waals surface area contributed by atoms with E-state index in [9.17, 15) is 4.79 Å². The molecule has 0 atom stereocenters. The van der Waals surface area contributed by atoms with Crippen LogP contribution in [0.3, 0.4) is 0 Å². The zero-order valence-electron chi connectivity index (χ0n) is 23.9. The number of benzene rings is 3. The monoisotopic (exact) mass is 584 g/mol. The number of fused-ring (bicyclic) bond motifs is 1. The molecule has 42 heavy (non-hydrogen) atoms. The Morgan fingerprint density at radius 2 is 1.62 bits per heavy atom. The van der Waals surface area contributed by atoms with Gasteiger partial charge < -0.3 is 18.9 Å². The van der Waals surface area contributed by atoms with E-state index < -0.39 is 5.91 Å². The van der Waals surface area contributed by atoms with Gasteiger partial charge in [0.1, 0.15) is 36.4 Å². The first-order chi connectivity index (χ1) is 20.2. The second-order valence-corrected chi connectivity index (χ2v) is 11.5. The molecule has 0 radical (unpaired) electrons. The number of para-hydroxylation sites is 1. The minimum absolute atomic E-state index is 0.0563. The fraction of sp³-hybridized carbons (Fsp3) is 0.250. The topological polar surface area (TPSA) is 106 Å². The van der Waals surface area contributed by atoms with E-state index in [2.05, 4.69) is 43.0 Å². The van der Waals surface area contributed by atoms with E-state index in [4.69, 9.17) is 24.4 Å². The summed E-state index contributed by atoms with van der Waals surface area (Å²) in [7, 11) is 1.55. The summed E-state index contributed by atoms with van der Waals surface area (Å²) in [5, 5.41) is 15.4. The number of nitrogens with one attached hydrogen (secondary N) is 1. The molecule has 1 N–H and O–H groups in total. The molecule has 1 amide bonds. The van der Waals surface area contributed by atoms with Crippen LogP contribution in [0.15, 0.2) is 88.5 Å². The number of ether oxygens (including phenoxy) is 4. The predicted octanol–water partition coefficient (Wildman–Crippen LogP) is 6.15. The highest BCUT2D eigenvalue weighted by molar-refractivity contribution is 8.27. The summed E-state index contributed by atoms with van der Waals surface area (Å²) in [6.45, 7) is 7.41. The molecule has 2 heterocycles. The molecule has 3 aromatic rings. The van der Waals surface area contributed by atoms with E-state index in [1.165, 1.54) is 22.3 Å². The Kier molecular flexibility index (Phi) is 8.63. The van der Waals surface area contributed by atoms with Crippen LogP contribution in [0.5, 0.6) is 23.0 Å².